The number of alkyl halides is 1. The number of nitrogens with zero attached hydrogens (tertiary/aromatic N) is 3. The highest BCUT2D eigenvalue weighted by Gasteiger charge is 2.30. The maximum Gasteiger partial charge on any atom is 0.317 e. The van der Waals surface area contributed by atoms with Crippen molar-refractivity contribution in [3.05, 3.63) is 5.89 Å². The van der Waals surface area contributed by atoms with E-state index >= 15 is 0 Å². The third-order valence-corrected chi connectivity index (χ3v) is 2.71. The SMILES string of the molecule is CN(C)c1nnc([C@H]2CC[C@H](CCl)O2)o1. The molecule has 2 atom stereocenters. The van der Waals surface area contributed by atoms with Crippen molar-refractivity contribution in [2.24, 2.45) is 0 Å². The zero-order valence-corrected chi connectivity index (χ0v) is 9.57. The molecule has 0 unspecified atom stereocenters. The van der Waals surface area contributed by atoms with Gasteiger partial charge in [0.2, 0.25) is 5.89 Å². The molecule has 1 fully saturated rings. The molecule has 2 heterocycles. The molecule has 5 nitrogen and oxygen atoms in total. The molecule has 0 spiro atoms. The van der Waals surface area contributed by atoms with Gasteiger partial charge >= 0.3 is 6.01 Å². The van der Waals surface area contributed by atoms with E-state index in [1.54, 1.807) is 4.90 Å². The summed E-state index contributed by atoms with van der Waals surface area (Å²) < 4.78 is 11.1. The molecule has 1 aromatic rings. The summed E-state index contributed by atoms with van der Waals surface area (Å²) in [5, 5.41) is 7.87. The van der Waals surface area contributed by atoms with E-state index in [0.29, 0.717) is 17.8 Å². The van der Waals surface area contributed by atoms with Crippen LogP contribution in [0, 0.1) is 0 Å². The molecule has 0 saturated carbocycles. The smallest absolute Gasteiger partial charge is 0.317 e. The highest BCUT2D eigenvalue weighted by atomic mass is 35.5. The van der Waals surface area contributed by atoms with Crippen LogP contribution in [0.5, 0.6) is 0 Å². The molecule has 15 heavy (non-hydrogen) atoms. The van der Waals surface area contributed by atoms with Crippen molar-refractivity contribution >= 4 is 17.6 Å². The summed E-state index contributed by atoms with van der Waals surface area (Å²) in [6.45, 7) is 0. The maximum absolute atomic E-state index is 5.72. The average Bonchev–Trinajstić information content (AvgIpc) is 2.86. The second-order valence-corrected chi connectivity index (χ2v) is 4.10. The number of aromatic nitrogens is 2. The molecule has 2 rings (SSSR count). The van der Waals surface area contributed by atoms with Crippen molar-refractivity contribution in [2.45, 2.75) is 25.0 Å². The first-order valence-electron chi connectivity index (χ1n) is 4.93. The Morgan fingerprint density at radius 3 is 2.73 bits per heavy atom. The lowest BCUT2D eigenvalue weighted by atomic mass is 10.2. The van der Waals surface area contributed by atoms with Crippen LogP contribution in [0.4, 0.5) is 6.01 Å². The Labute approximate surface area is 93.4 Å². The van der Waals surface area contributed by atoms with Crippen LogP contribution in [0.25, 0.3) is 0 Å². The lowest BCUT2D eigenvalue weighted by Crippen LogP contribution is -2.08. The van der Waals surface area contributed by atoms with Gasteiger partial charge in [0.1, 0.15) is 6.10 Å². The van der Waals surface area contributed by atoms with Crippen molar-refractivity contribution in [1.82, 2.24) is 10.2 Å². The van der Waals surface area contributed by atoms with E-state index in [-0.39, 0.29) is 12.2 Å². The summed E-state index contributed by atoms with van der Waals surface area (Å²) in [7, 11) is 3.71. The van der Waals surface area contributed by atoms with E-state index in [4.69, 9.17) is 20.8 Å². The predicted octanol–water partition coefficient (Wildman–Crippen LogP) is 1.59. The number of ether oxygens (including phenoxy) is 1. The van der Waals surface area contributed by atoms with E-state index in [1.807, 2.05) is 14.1 Å². The second kappa shape index (κ2) is 4.37. The zero-order chi connectivity index (χ0) is 10.8. The fourth-order valence-electron chi connectivity index (χ4n) is 1.54. The Kier molecular flexibility index (Phi) is 3.11. The lowest BCUT2D eigenvalue weighted by molar-refractivity contribution is 0.0410. The van der Waals surface area contributed by atoms with Crippen LogP contribution in [0.3, 0.4) is 0 Å². The quantitative estimate of drug-likeness (QED) is 0.740. The molecule has 84 valence electrons. The molecule has 1 aliphatic rings. The molecular formula is C9H14ClN3O2. The van der Waals surface area contributed by atoms with Gasteiger partial charge < -0.3 is 14.1 Å². The Hall–Kier alpha value is -0.810. The standard InChI is InChI=1S/C9H14ClN3O2/c1-13(2)9-12-11-8(15-9)7-4-3-6(5-10)14-7/h6-7H,3-5H2,1-2H3/t6-,7-/m1/s1. The minimum absolute atomic E-state index is 0.0880. The molecule has 0 amide bonds. The van der Waals surface area contributed by atoms with Crippen molar-refractivity contribution < 1.29 is 9.15 Å². The van der Waals surface area contributed by atoms with Gasteiger partial charge in [-0.2, -0.15) is 0 Å². The molecule has 0 radical (unpaired) electrons. The topological polar surface area (TPSA) is 51.4 Å². The number of rotatable bonds is 3. The summed E-state index contributed by atoms with van der Waals surface area (Å²) >= 11 is 5.72. The maximum atomic E-state index is 5.72. The molecule has 6 heteroatoms. The Balaban J connectivity index is 2.04. The first kappa shape index (κ1) is 10.7. The summed E-state index contributed by atoms with van der Waals surface area (Å²) in [5.41, 5.74) is 0. The largest absolute Gasteiger partial charge is 0.405 e. The Bertz CT molecular complexity index is 329. The average molecular weight is 232 g/mol. The van der Waals surface area contributed by atoms with Crippen LogP contribution < -0.4 is 4.90 Å². The first-order valence-corrected chi connectivity index (χ1v) is 5.46. The van der Waals surface area contributed by atoms with E-state index in [0.717, 1.165) is 12.8 Å². The minimum atomic E-state index is -0.0880. The van der Waals surface area contributed by atoms with Gasteiger partial charge in [0.05, 0.1) is 6.10 Å². The first-order chi connectivity index (χ1) is 7.20. The fraction of sp³-hybridized carbons (Fsp3) is 0.778. The monoisotopic (exact) mass is 231 g/mol. The van der Waals surface area contributed by atoms with E-state index < -0.39 is 0 Å². The summed E-state index contributed by atoms with van der Waals surface area (Å²) in [6, 6.07) is 0.503. The van der Waals surface area contributed by atoms with Gasteiger partial charge in [-0.15, -0.1) is 16.7 Å². The van der Waals surface area contributed by atoms with Crippen LogP contribution in [-0.2, 0) is 4.74 Å². The van der Waals surface area contributed by atoms with Crippen molar-refractivity contribution in [3.8, 4) is 0 Å². The number of hydrogen-bond donors (Lipinski definition) is 0. The fourth-order valence-corrected chi connectivity index (χ4v) is 1.77. The van der Waals surface area contributed by atoms with Crippen LogP contribution in [-0.4, -0.2) is 36.3 Å². The van der Waals surface area contributed by atoms with Gasteiger partial charge in [0.25, 0.3) is 0 Å². The predicted molar refractivity (Wildman–Crippen MR) is 56.2 cm³/mol. The number of halogens is 1. The number of hydrogen-bond acceptors (Lipinski definition) is 5. The third kappa shape index (κ3) is 2.23. The van der Waals surface area contributed by atoms with Crippen LogP contribution in [0.15, 0.2) is 4.42 Å². The second-order valence-electron chi connectivity index (χ2n) is 3.80. The molecule has 0 bridgehead atoms. The van der Waals surface area contributed by atoms with Gasteiger partial charge in [0.15, 0.2) is 0 Å². The van der Waals surface area contributed by atoms with Crippen LogP contribution >= 0.6 is 11.6 Å². The van der Waals surface area contributed by atoms with Crippen molar-refractivity contribution in [3.63, 3.8) is 0 Å². The third-order valence-electron chi connectivity index (χ3n) is 2.37. The molecular weight excluding hydrogens is 218 g/mol. The molecule has 0 aromatic carbocycles. The van der Waals surface area contributed by atoms with Gasteiger partial charge in [-0.3, -0.25) is 0 Å². The van der Waals surface area contributed by atoms with E-state index in [9.17, 15) is 0 Å². The molecule has 0 N–H and O–H groups in total. The van der Waals surface area contributed by atoms with Gasteiger partial charge in [0, 0.05) is 20.0 Å². The van der Waals surface area contributed by atoms with Gasteiger partial charge in [-0.1, -0.05) is 5.10 Å². The summed E-state index contributed by atoms with van der Waals surface area (Å²) in [6.07, 6.45) is 1.88. The zero-order valence-electron chi connectivity index (χ0n) is 8.81. The molecule has 1 aliphatic heterocycles. The van der Waals surface area contributed by atoms with Crippen molar-refractivity contribution in [1.29, 1.82) is 0 Å². The van der Waals surface area contributed by atoms with Crippen molar-refractivity contribution in [2.75, 3.05) is 24.9 Å². The Morgan fingerprint density at radius 1 is 1.40 bits per heavy atom. The van der Waals surface area contributed by atoms with E-state index in [2.05, 4.69) is 10.2 Å². The van der Waals surface area contributed by atoms with Crippen LogP contribution in [0.1, 0.15) is 24.8 Å². The normalized spacial score (nSPS) is 25.8. The number of anilines is 1. The minimum Gasteiger partial charge on any atom is -0.405 e. The van der Waals surface area contributed by atoms with Gasteiger partial charge in [-0.05, 0) is 12.8 Å². The molecule has 0 aliphatic carbocycles. The summed E-state index contributed by atoms with van der Waals surface area (Å²) in [4.78, 5) is 1.77. The molecule has 1 aromatic heterocycles. The van der Waals surface area contributed by atoms with E-state index in [1.165, 1.54) is 0 Å². The summed E-state index contributed by atoms with van der Waals surface area (Å²) in [5.74, 6) is 1.07. The van der Waals surface area contributed by atoms with Crippen LogP contribution in [0.2, 0.25) is 0 Å². The highest BCUT2D eigenvalue weighted by Crippen LogP contribution is 2.32. The molecule has 1 saturated heterocycles. The van der Waals surface area contributed by atoms with Gasteiger partial charge in [-0.25, -0.2) is 0 Å². The Morgan fingerprint density at radius 2 is 2.20 bits per heavy atom. The lowest BCUT2D eigenvalue weighted by Gasteiger charge is -2.07. The highest BCUT2D eigenvalue weighted by molar-refractivity contribution is 6.18.